The molecule has 1 amide bonds. The van der Waals surface area contributed by atoms with Gasteiger partial charge in [-0.1, -0.05) is 17.7 Å². The molecule has 0 radical (unpaired) electrons. The molecule has 20 heavy (non-hydrogen) atoms. The van der Waals surface area contributed by atoms with Gasteiger partial charge in [-0.2, -0.15) is 0 Å². The van der Waals surface area contributed by atoms with Crippen molar-refractivity contribution in [2.45, 2.75) is 13.1 Å². The van der Waals surface area contributed by atoms with Gasteiger partial charge in [-0.3, -0.25) is 4.79 Å². The summed E-state index contributed by atoms with van der Waals surface area (Å²) >= 11 is 5.92. The van der Waals surface area contributed by atoms with Crippen LogP contribution in [0.15, 0.2) is 24.5 Å². The van der Waals surface area contributed by atoms with Gasteiger partial charge in [0.1, 0.15) is 18.7 Å². The van der Waals surface area contributed by atoms with Gasteiger partial charge in [0.25, 0.3) is 0 Å². The van der Waals surface area contributed by atoms with E-state index in [9.17, 15) is 9.18 Å². The molecule has 2 rings (SSSR count). The quantitative estimate of drug-likeness (QED) is 0.923. The maximum Gasteiger partial charge on any atom is 0.244 e. The summed E-state index contributed by atoms with van der Waals surface area (Å²) in [4.78, 5) is 17.1. The number of carbonyl (C=O) groups excluding carboxylic acids is 1. The van der Waals surface area contributed by atoms with Crippen molar-refractivity contribution >= 4 is 23.5 Å². The first-order valence-corrected chi connectivity index (χ1v) is 6.17. The molecule has 0 aliphatic rings. The lowest BCUT2D eigenvalue weighted by atomic mass is 10.2. The van der Waals surface area contributed by atoms with Crippen molar-refractivity contribution in [3.05, 3.63) is 40.9 Å². The third kappa shape index (κ3) is 3.24. The highest BCUT2D eigenvalue weighted by Crippen LogP contribution is 2.20. The molecule has 0 aliphatic carbocycles. The molecule has 0 aliphatic heterocycles. The number of aromatic nitrogens is 3. The number of anilines is 1. The van der Waals surface area contributed by atoms with Crippen LogP contribution in [0.2, 0.25) is 5.02 Å². The Morgan fingerprint density at radius 2 is 2.30 bits per heavy atom. The van der Waals surface area contributed by atoms with Crippen LogP contribution in [0.4, 0.5) is 10.3 Å². The molecule has 0 saturated carbocycles. The third-order valence-electron chi connectivity index (χ3n) is 2.73. The molecule has 1 aromatic carbocycles. The zero-order chi connectivity index (χ0) is 14.7. The fourth-order valence-corrected chi connectivity index (χ4v) is 1.88. The zero-order valence-electron chi connectivity index (χ0n) is 10.8. The van der Waals surface area contributed by atoms with Crippen molar-refractivity contribution in [1.82, 2.24) is 19.7 Å². The van der Waals surface area contributed by atoms with Crippen LogP contribution in [-0.4, -0.2) is 32.6 Å². The number of nitrogen functional groups attached to an aromatic ring is 1. The summed E-state index contributed by atoms with van der Waals surface area (Å²) in [5.74, 6) is -0.603. The van der Waals surface area contributed by atoms with Gasteiger partial charge in [-0.15, -0.1) is 5.10 Å². The lowest BCUT2D eigenvalue weighted by Gasteiger charge is -2.18. The van der Waals surface area contributed by atoms with Crippen molar-refractivity contribution in [1.29, 1.82) is 0 Å². The minimum atomic E-state index is -0.442. The van der Waals surface area contributed by atoms with Crippen molar-refractivity contribution in [2.75, 3.05) is 12.8 Å². The molecule has 1 aromatic heterocycles. The summed E-state index contributed by atoms with van der Waals surface area (Å²) in [7, 11) is 1.56. The normalized spacial score (nSPS) is 10.6. The Kier molecular flexibility index (Phi) is 4.19. The number of rotatable bonds is 4. The Hall–Kier alpha value is -2.15. The molecule has 0 saturated heterocycles. The van der Waals surface area contributed by atoms with E-state index in [1.807, 2.05) is 0 Å². The van der Waals surface area contributed by atoms with E-state index in [-0.39, 0.29) is 35.5 Å². The smallest absolute Gasteiger partial charge is 0.244 e. The van der Waals surface area contributed by atoms with Gasteiger partial charge < -0.3 is 10.6 Å². The van der Waals surface area contributed by atoms with Gasteiger partial charge in [0.15, 0.2) is 0 Å². The maximum absolute atomic E-state index is 13.6. The van der Waals surface area contributed by atoms with E-state index in [0.717, 1.165) is 0 Å². The molecule has 2 aromatic rings. The molecule has 2 N–H and O–H groups in total. The van der Waals surface area contributed by atoms with Gasteiger partial charge in [-0.05, 0) is 12.1 Å². The highest BCUT2D eigenvalue weighted by Gasteiger charge is 2.15. The summed E-state index contributed by atoms with van der Waals surface area (Å²) in [6.07, 6.45) is 1.36. The first kappa shape index (κ1) is 14.3. The Bertz CT molecular complexity index is 610. The molecule has 8 heteroatoms. The van der Waals surface area contributed by atoms with Gasteiger partial charge >= 0.3 is 0 Å². The number of amides is 1. The summed E-state index contributed by atoms with van der Waals surface area (Å²) in [5, 5.41) is 4.10. The summed E-state index contributed by atoms with van der Waals surface area (Å²) in [6, 6.07) is 4.40. The number of benzene rings is 1. The van der Waals surface area contributed by atoms with E-state index in [4.69, 9.17) is 17.3 Å². The van der Waals surface area contributed by atoms with Crippen molar-refractivity contribution in [3.63, 3.8) is 0 Å². The topological polar surface area (TPSA) is 77.0 Å². The minimum Gasteiger partial charge on any atom is -0.367 e. The lowest BCUT2D eigenvalue weighted by Crippen LogP contribution is -2.30. The molecule has 6 nitrogen and oxygen atoms in total. The monoisotopic (exact) mass is 297 g/mol. The number of nitrogens with zero attached hydrogens (tertiary/aromatic N) is 4. The molecule has 0 fully saturated rings. The number of halogens is 2. The largest absolute Gasteiger partial charge is 0.367 e. The van der Waals surface area contributed by atoms with Crippen LogP contribution >= 0.6 is 11.6 Å². The van der Waals surface area contributed by atoms with Crippen LogP contribution < -0.4 is 5.73 Å². The molecular formula is C12H13ClFN5O. The summed E-state index contributed by atoms with van der Waals surface area (Å²) in [6.45, 7) is 0.0568. The van der Waals surface area contributed by atoms with Crippen LogP contribution in [0, 0.1) is 5.82 Å². The first-order valence-electron chi connectivity index (χ1n) is 5.79. The van der Waals surface area contributed by atoms with Gasteiger partial charge in [0.2, 0.25) is 11.9 Å². The number of hydrogen-bond acceptors (Lipinski definition) is 4. The average Bonchev–Trinajstić information content (AvgIpc) is 2.79. The molecule has 106 valence electrons. The van der Waals surface area contributed by atoms with Gasteiger partial charge in [-0.25, -0.2) is 14.1 Å². The molecule has 1 heterocycles. The Morgan fingerprint density at radius 1 is 1.55 bits per heavy atom. The molecule has 0 unspecified atom stereocenters. The molecular weight excluding hydrogens is 285 g/mol. The fourth-order valence-electron chi connectivity index (χ4n) is 1.65. The number of likely N-dealkylation sites (N-methyl/N-ethyl adjacent to an activating group) is 1. The Labute approximate surface area is 120 Å². The Morgan fingerprint density at radius 3 is 2.90 bits per heavy atom. The lowest BCUT2D eigenvalue weighted by molar-refractivity contribution is -0.131. The minimum absolute atomic E-state index is 0.0211. The SMILES string of the molecule is CN(Cc1c(F)cccc1Cl)C(=O)Cn1cnc(N)n1. The third-order valence-corrected chi connectivity index (χ3v) is 3.09. The standard InChI is InChI=1S/C12H13ClFN5O/c1-18(5-8-9(13)3-2-4-10(8)14)11(20)6-19-7-16-12(15)17-19/h2-4,7H,5-6H2,1H3,(H2,15,17). The van der Waals surface area contributed by atoms with E-state index in [2.05, 4.69) is 10.1 Å². The van der Waals surface area contributed by atoms with Crippen LogP contribution in [0.25, 0.3) is 0 Å². The molecule has 0 bridgehead atoms. The second-order valence-corrected chi connectivity index (χ2v) is 4.66. The second kappa shape index (κ2) is 5.87. The highest BCUT2D eigenvalue weighted by molar-refractivity contribution is 6.31. The average molecular weight is 298 g/mol. The highest BCUT2D eigenvalue weighted by atomic mass is 35.5. The molecule has 0 atom stereocenters. The Balaban J connectivity index is 2.04. The summed E-state index contributed by atoms with van der Waals surface area (Å²) in [5.41, 5.74) is 5.64. The van der Waals surface area contributed by atoms with E-state index in [1.54, 1.807) is 13.1 Å². The number of nitrogens with two attached hydrogens (primary N) is 1. The van der Waals surface area contributed by atoms with E-state index < -0.39 is 5.82 Å². The number of hydrogen-bond donors (Lipinski definition) is 1. The van der Waals surface area contributed by atoms with Crippen LogP contribution in [0.5, 0.6) is 0 Å². The fraction of sp³-hybridized carbons (Fsp3) is 0.250. The zero-order valence-corrected chi connectivity index (χ0v) is 11.5. The molecule has 0 spiro atoms. The van der Waals surface area contributed by atoms with E-state index in [1.165, 1.54) is 28.0 Å². The van der Waals surface area contributed by atoms with Crippen LogP contribution in [0.1, 0.15) is 5.56 Å². The van der Waals surface area contributed by atoms with Crippen molar-refractivity contribution in [2.24, 2.45) is 0 Å². The van der Waals surface area contributed by atoms with Crippen molar-refractivity contribution in [3.8, 4) is 0 Å². The van der Waals surface area contributed by atoms with Crippen molar-refractivity contribution < 1.29 is 9.18 Å². The first-order chi connectivity index (χ1) is 9.47. The predicted molar refractivity (Wildman–Crippen MR) is 72.3 cm³/mol. The van der Waals surface area contributed by atoms with Gasteiger partial charge in [0.05, 0.1) is 0 Å². The second-order valence-electron chi connectivity index (χ2n) is 4.25. The summed E-state index contributed by atoms with van der Waals surface area (Å²) < 4.78 is 15.0. The predicted octanol–water partition coefficient (Wildman–Crippen LogP) is 1.31. The van der Waals surface area contributed by atoms with Crippen LogP contribution in [-0.2, 0) is 17.9 Å². The van der Waals surface area contributed by atoms with Gasteiger partial charge in [0, 0.05) is 24.2 Å². The number of carbonyl (C=O) groups is 1. The van der Waals surface area contributed by atoms with E-state index >= 15 is 0 Å². The van der Waals surface area contributed by atoms with E-state index in [0.29, 0.717) is 0 Å². The van der Waals surface area contributed by atoms with Crippen LogP contribution in [0.3, 0.4) is 0 Å². The maximum atomic E-state index is 13.6.